The smallest absolute Gasteiger partial charge is 0.361 e. The van der Waals surface area contributed by atoms with Crippen molar-refractivity contribution in [1.82, 2.24) is 0 Å². The van der Waals surface area contributed by atoms with E-state index in [1.807, 2.05) is 21.1 Å². The molecule has 9 heteroatoms. The number of carboxylic acids is 1. The zero-order valence-electron chi connectivity index (χ0n) is 59.6. The van der Waals surface area contributed by atoms with Crippen LogP contribution in [0.4, 0.5) is 0 Å². The summed E-state index contributed by atoms with van der Waals surface area (Å²) < 4.78 is 23.0. The minimum Gasteiger partial charge on any atom is -0.477 e. The van der Waals surface area contributed by atoms with E-state index in [1.165, 1.54) is 64.2 Å². The molecule has 9 nitrogen and oxygen atoms in total. The summed E-state index contributed by atoms with van der Waals surface area (Å²) in [4.78, 5) is 37.7. The Morgan fingerprint density at radius 1 is 0.323 bits per heavy atom. The Hall–Kier alpha value is -5.87. The number of hydrogen-bond acceptors (Lipinski definition) is 7. The lowest BCUT2D eigenvalue weighted by atomic mass is 10.0. The number of rotatable bonds is 65. The van der Waals surface area contributed by atoms with Gasteiger partial charge >= 0.3 is 17.9 Å². The van der Waals surface area contributed by atoms with Crippen LogP contribution in [-0.2, 0) is 33.3 Å². The number of hydrogen-bond donors (Lipinski definition) is 1. The van der Waals surface area contributed by atoms with Crippen LogP contribution in [-0.4, -0.2) is 87.4 Å². The minimum absolute atomic E-state index is 0.174. The van der Waals surface area contributed by atoms with Crippen LogP contribution >= 0.6 is 0 Å². The molecule has 0 fully saturated rings. The van der Waals surface area contributed by atoms with Crippen LogP contribution in [0.3, 0.4) is 0 Å². The van der Waals surface area contributed by atoms with Crippen molar-refractivity contribution in [2.24, 2.45) is 0 Å². The van der Waals surface area contributed by atoms with Gasteiger partial charge in [-0.15, -0.1) is 0 Å². The van der Waals surface area contributed by atoms with Crippen LogP contribution in [0.15, 0.2) is 194 Å². The maximum absolute atomic E-state index is 13.0. The van der Waals surface area contributed by atoms with Gasteiger partial charge < -0.3 is 28.5 Å². The molecule has 0 saturated carbocycles. The van der Waals surface area contributed by atoms with Crippen molar-refractivity contribution in [2.75, 3.05) is 47.5 Å². The number of ether oxygens (including phenoxy) is 4. The third-order valence-electron chi connectivity index (χ3n) is 14.8. The molecule has 0 aliphatic rings. The molecule has 0 aliphatic carbocycles. The van der Waals surface area contributed by atoms with E-state index in [9.17, 15) is 19.5 Å². The fraction of sp³-hybridized carbons (Fsp3) is 0.583. The van der Waals surface area contributed by atoms with Crippen molar-refractivity contribution < 1.29 is 42.9 Å². The number of aliphatic carboxylic acids is 1. The van der Waals surface area contributed by atoms with Gasteiger partial charge in [0.2, 0.25) is 0 Å². The Morgan fingerprint density at radius 2 is 0.581 bits per heavy atom. The summed E-state index contributed by atoms with van der Waals surface area (Å²) in [6, 6.07) is 0. The fourth-order valence-corrected chi connectivity index (χ4v) is 9.34. The van der Waals surface area contributed by atoms with Gasteiger partial charge in [0, 0.05) is 12.8 Å². The van der Waals surface area contributed by atoms with E-state index in [2.05, 4.69) is 208 Å². The van der Waals surface area contributed by atoms with E-state index in [-0.39, 0.29) is 38.6 Å². The van der Waals surface area contributed by atoms with Crippen LogP contribution in [0.1, 0.15) is 258 Å². The predicted octanol–water partition coefficient (Wildman–Crippen LogP) is 23.4. The molecule has 2 atom stereocenters. The lowest BCUT2D eigenvalue weighted by Gasteiger charge is -2.25. The van der Waals surface area contributed by atoms with E-state index in [4.69, 9.17) is 18.9 Å². The van der Waals surface area contributed by atoms with Crippen LogP contribution in [0.25, 0.3) is 0 Å². The van der Waals surface area contributed by atoms with E-state index in [1.54, 1.807) is 0 Å². The number of unbranched alkanes of at least 4 members (excludes halogenated alkanes) is 18. The number of carbonyl (C=O) groups is 3. The first-order valence-electron chi connectivity index (χ1n) is 36.6. The number of allylic oxidation sites excluding steroid dienone is 32. The molecule has 0 aliphatic heterocycles. The summed E-state index contributed by atoms with van der Waals surface area (Å²) in [5.74, 6) is -2.05. The number of likely N-dealkylation sites (N-methyl/N-ethyl adjacent to an activating group) is 1. The average molecular weight is 1290 g/mol. The highest BCUT2D eigenvalue weighted by molar-refractivity contribution is 5.71. The van der Waals surface area contributed by atoms with Crippen molar-refractivity contribution in [1.29, 1.82) is 0 Å². The molecule has 0 radical (unpaired) electrons. The largest absolute Gasteiger partial charge is 0.477 e. The molecule has 522 valence electrons. The topological polar surface area (TPSA) is 108 Å². The second-order valence-corrected chi connectivity index (χ2v) is 24.8. The molecule has 0 aromatic heterocycles. The van der Waals surface area contributed by atoms with Crippen LogP contribution in [0.5, 0.6) is 0 Å². The van der Waals surface area contributed by atoms with Crippen LogP contribution in [0.2, 0.25) is 0 Å². The zero-order chi connectivity index (χ0) is 67.5. The lowest BCUT2D eigenvalue weighted by Crippen LogP contribution is -2.40. The second-order valence-electron chi connectivity index (χ2n) is 24.8. The number of carboxylic acid groups (broad SMARTS) is 1. The van der Waals surface area contributed by atoms with E-state index >= 15 is 0 Å². The molecular formula is C84H134NO8+. The third kappa shape index (κ3) is 73.4. The summed E-state index contributed by atoms with van der Waals surface area (Å²) in [6.07, 6.45) is 108. The highest BCUT2D eigenvalue weighted by atomic mass is 16.7. The first kappa shape index (κ1) is 87.1. The van der Waals surface area contributed by atoms with Gasteiger partial charge in [-0.1, -0.05) is 298 Å². The molecule has 2 unspecified atom stereocenters. The van der Waals surface area contributed by atoms with Gasteiger partial charge in [0.15, 0.2) is 6.10 Å². The van der Waals surface area contributed by atoms with Gasteiger partial charge in [0.1, 0.15) is 13.2 Å². The summed E-state index contributed by atoms with van der Waals surface area (Å²) in [7, 11) is 5.96. The van der Waals surface area contributed by atoms with Gasteiger partial charge in [-0.2, -0.15) is 0 Å². The Kier molecular flexibility index (Phi) is 67.4. The summed E-state index contributed by atoms with van der Waals surface area (Å²) in [6.45, 7) is 4.61. The number of carbonyl (C=O) groups excluding carboxylic acids is 2. The minimum atomic E-state index is -1.53. The van der Waals surface area contributed by atoms with Crippen LogP contribution < -0.4 is 0 Å². The lowest BCUT2D eigenvalue weighted by molar-refractivity contribution is -0.870. The van der Waals surface area contributed by atoms with Crippen molar-refractivity contribution in [2.45, 2.75) is 270 Å². The van der Waals surface area contributed by atoms with Gasteiger partial charge in [0.05, 0.1) is 34.4 Å². The molecule has 0 aromatic carbocycles. The van der Waals surface area contributed by atoms with Crippen LogP contribution in [0, 0.1) is 0 Å². The first-order valence-corrected chi connectivity index (χ1v) is 36.6. The monoisotopic (exact) mass is 1290 g/mol. The molecule has 0 bridgehead atoms. The van der Waals surface area contributed by atoms with Crippen molar-refractivity contribution in [3.05, 3.63) is 194 Å². The normalized spacial score (nSPS) is 13.9. The molecule has 0 rings (SSSR count). The molecule has 0 heterocycles. The summed E-state index contributed by atoms with van der Waals surface area (Å²) in [5, 5.41) is 9.76. The van der Waals surface area contributed by atoms with Crippen molar-refractivity contribution in [3.8, 4) is 0 Å². The number of esters is 2. The van der Waals surface area contributed by atoms with E-state index in [0.717, 1.165) is 154 Å². The third-order valence-corrected chi connectivity index (χ3v) is 14.8. The van der Waals surface area contributed by atoms with E-state index < -0.39 is 24.3 Å². The quantitative estimate of drug-likeness (QED) is 0.0211. The Balaban J connectivity index is 4.17. The Morgan fingerprint density at radius 3 is 0.860 bits per heavy atom. The second kappa shape index (κ2) is 72.0. The molecular weight excluding hydrogens is 1150 g/mol. The first-order chi connectivity index (χ1) is 45.6. The van der Waals surface area contributed by atoms with Crippen molar-refractivity contribution in [3.63, 3.8) is 0 Å². The summed E-state index contributed by atoms with van der Waals surface area (Å²) >= 11 is 0. The molecule has 0 aromatic rings. The fourth-order valence-electron chi connectivity index (χ4n) is 9.34. The molecule has 0 amide bonds. The van der Waals surface area contributed by atoms with Gasteiger partial charge in [-0.25, -0.2) is 4.79 Å². The maximum atomic E-state index is 13.0. The predicted molar refractivity (Wildman–Crippen MR) is 400 cm³/mol. The van der Waals surface area contributed by atoms with Gasteiger partial charge in [0.25, 0.3) is 6.29 Å². The molecule has 0 spiro atoms. The van der Waals surface area contributed by atoms with E-state index in [0.29, 0.717) is 23.9 Å². The standard InChI is InChI=1S/C84H133NO8/c1-6-8-10-12-14-16-18-20-22-24-26-28-30-32-34-35-36-37-38-39-40-41-42-43-44-45-46-47-49-51-53-55-57-59-61-63-65-67-69-71-73-75-82(87)93-80(79-92-84(83(88)89)90-77-76-85(3,4)5)78-91-81(86)74-72-70-68-66-64-62-60-58-56-54-52-50-48-33-31-29-27-25-23-21-19-17-15-13-11-9-7-2/h8-11,14-17,20-23,26-29,32-34,36-37,39-40,42-43,45-46,48,52,54,58,60,80,84H,6-7,12-13,18-19,24-25,30-31,35,38,41,44,47,49-51,53,55-57,59,61-79H2,1-5H3/p+1/b10-8-,11-9-,16-14-,17-15-,22-20-,23-21-,28-26-,29-27-,34-32-,37-36-,40-39-,43-42-,46-45-,48-33-,54-52-,60-58-. The Bertz CT molecular complexity index is 2230. The Labute approximate surface area is 570 Å². The number of quaternary nitrogens is 1. The van der Waals surface area contributed by atoms with Gasteiger partial charge in [-0.3, -0.25) is 9.59 Å². The molecule has 93 heavy (non-hydrogen) atoms. The number of nitrogens with zero attached hydrogens (tertiary/aromatic N) is 1. The highest BCUT2D eigenvalue weighted by Gasteiger charge is 2.25. The summed E-state index contributed by atoms with van der Waals surface area (Å²) in [5.41, 5.74) is 0. The average Bonchev–Trinajstić information content (AvgIpc) is 3.38. The maximum Gasteiger partial charge on any atom is 0.361 e. The molecule has 1 N–H and O–H groups in total. The SMILES string of the molecule is CC/C=C\C/C=C\C/C=C\C/C=C\C/C=C\C/C=C\C/C=C\C/C=C\C/C=C\CCCCCCCCCCCCCCCC(=O)OC(COC(=O)CCCCCCC/C=C\C/C=C\C/C=C\C/C=C\C/C=C\C/C=C\C/C=C\CC)COC(OCC[N+](C)(C)C)C(=O)O. The van der Waals surface area contributed by atoms with Crippen molar-refractivity contribution >= 4 is 17.9 Å². The van der Waals surface area contributed by atoms with Gasteiger partial charge in [-0.05, 0) is 141 Å². The highest BCUT2D eigenvalue weighted by Crippen LogP contribution is 2.16. The molecule has 0 saturated heterocycles. The zero-order valence-corrected chi connectivity index (χ0v) is 59.6.